The summed E-state index contributed by atoms with van der Waals surface area (Å²) < 4.78 is 16.1. The minimum atomic E-state index is 0.00995. The average molecular weight is 402 g/mol. The maximum Gasteiger partial charge on any atom is 0.241 e. The molecule has 0 aliphatic carbocycles. The molecule has 0 spiro atoms. The highest BCUT2D eigenvalue weighted by Crippen LogP contribution is 2.31. The minimum absolute atomic E-state index is 0.00995. The zero-order chi connectivity index (χ0) is 20.8. The fraction of sp³-hybridized carbons (Fsp3) is 0.571. The largest absolute Gasteiger partial charge is 0.493 e. The van der Waals surface area contributed by atoms with Crippen molar-refractivity contribution in [1.82, 2.24) is 20.4 Å². The average Bonchev–Trinajstić information content (AvgIpc) is 3.20. The first-order chi connectivity index (χ1) is 14.0. The number of hydrogen-bond acceptors (Lipinski definition) is 7. The zero-order valence-corrected chi connectivity index (χ0v) is 17.6. The van der Waals surface area contributed by atoms with Crippen molar-refractivity contribution < 1.29 is 18.8 Å². The Kier molecular flexibility index (Phi) is 7.09. The lowest BCUT2D eigenvalue weighted by molar-refractivity contribution is -0.127. The van der Waals surface area contributed by atoms with E-state index < -0.39 is 0 Å². The predicted molar refractivity (Wildman–Crippen MR) is 109 cm³/mol. The maximum absolute atomic E-state index is 12.4. The molecule has 1 fully saturated rings. The summed E-state index contributed by atoms with van der Waals surface area (Å²) in [4.78, 5) is 19.1. The quantitative estimate of drug-likeness (QED) is 0.726. The Morgan fingerprint density at radius 1 is 1.31 bits per heavy atom. The third-order valence-electron chi connectivity index (χ3n) is 5.03. The van der Waals surface area contributed by atoms with Crippen molar-refractivity contribution in [2.45, 2.75) is 33.2 Å². The zero-order valence-electron chi connectivity index (χ0n) is 17.6. The van der Waals surface area contributed by atoms with Crippen LogP contribution in [0.5, 0.6) is 11.5 Å². The number of carbonyl (C=O) groups is 1. The Morgan fingerprint density at radius 2 is 2.10 bits per heavy atom. The molecule has 1 aromatic heterocycles. The van der Waals surface area contributed by atoms with E-state index in [0.717, 1.165) is 24.9 Å². The van der Waals surface area contributed by atoms with Gasteiger partial charge in [0.05, 0.1) is 26.7 Å². The van der Waals surface area contributed by atoms with Crippen LogP contribution in [0, 0.1) is 11.8 Å². The normalized spacial score (nSPS) is 17.3. The maximum atomic E-state index is 12.4. The number of ether oxygens (including phenoxy) is 2. The van der Waals surface area contributed by atoms with Crippen LogP contribution in [-0.4, -0.2) is 54.8 Å². The number of nitrogens with zero attached hydrogens (tertiary/aromatic N) is 3. The van der Waals surface area contributed by atoms with Gasteiger partial charge in [-0.3, -0.25) is 9.69 Å². The van der Waals surface area contributed by atoms with Gasteiger partial charge in [0.15, 0.2) is 11.5 Å². The summed E-state index contributed by atoms with van der Waals surface area (Å²) in [5, 5.41) is 7.14. The smallest absolute Gasteiger partial charge is 0.241 e. The molecule has 1 unspecified atom stereocenters. The highest BCUT2D eigenvalue weighted by Gasteiger charge is 2.27. The summed E-state index contributed by atoms with van der Waals surface area (Å²) >= 11 is 0. The number of hydrogen-bond donors (Lipinski definition) is 1. The third-order valence-corrected chi connectivity index (χ3v) is 5.03. The molecule has 1 amide bonds. The van der Waals surface area contributed by atoms with Crippen molar-refractivity contribution in [2.75, 3.05) is 33.9 Å². The molecule has 1 aliphatic heterocycles. The van der Waals surface area contributed by atoms with Crippen LogP contribution >= 0.6 is 0 Å². The van der Waals surface area contributed by atoms with Crippen LogP contribution in [0.4, 0.5) is 0 Å². The van der Waals surface area contributed by atoms with E-state index in [2.05, 4.69) is 34.2 Å². The first-order valence-electron chi connectivity index (χ1n) is 10.0. The first kappa shape index (κ1) is 21.1. The molecule has 0 radical (unpaired) electrons. The highest BCUT2D eigenvalue weighted by atomic mass is 16.5. The fourth-order valence-corrected chi connectivity index (χ4v) is 3.47. The molecule has 0 bridgehead atoms. The van der Waals surface area contributed by atoms with Crippen molar-refractivity contribution in [2.24, 2.45) is 11.8 Å². The predicted octanol–water partition coefficient (Wildman–Crippen LogP) is 2.74. The number of methoxy groups -OCH3 is 2. The van der Waals surface area contributed by atoms with E-state index in [4.69, 9.17) is 14.0 Å². The van der Waals surface area contributed by atoms with Crippen LogP contribution < -0.4 is 14.8 Å². The van der Waals surface area contributed by atoms with E-state index in [9.17, 15) is 4.79 Å². The monoisotopic (exact) mass is 402 g/mol. The Balaban J connectivity index is 1.62. The number of aromatic nitrogens is 2. The number of amides is 1. The van der Waals surface area contributed by atoms with Gasteiger partial charge in [0.1, 0.15) is 0 Å². The van der Waals surface area contributed by atoms with Crippen molar-refractivity contribution in [3.63, 3.8) is 0 Å². The van der Waals surface area contributed by atoms with Crippen LogP contribution in [-0.2, 0) is 11.3 Å². The molecule has 8 nitrogen and oxygen atoms in total. The molecule has 8 heteroatoms. The van der Waals surface area contributed by atoms with Gasteiger partial charge in [0.2, 0.25) is 17.6 Å². The molecule has 158 valence electrons. The standard InChI is InChI=1S/C21H30N4O4/c1-14(2)11-22-21(26)16-6-5-9-25(12-16)13-19-23-20(24-29-19)15-7-8-17(27-3)18(10-15)28-4/h7-8,10,14,16H,5-6,9,11-13H2,1-4H3,(H,22,26). The van der Waals surface area contributed by atoms with Crippen LogP contribution in [0.3, 0.4) is 0 Å². The summed E-state index contributed by atoms with van der Waals surface area (Å²) in [7, 11) is 3.19. The van der Waals surface area contributed by atoms with Crippen LogP contribution in [0.2, 0.25) is 0 Å². The van der Waals surface area contributed by atoms with Gasteiger partial charge < -0.3 is 19.3 Å². The van der Waals surface area contributed by atoms with Gasteiger partial charge >= 0.3 is 0 Å². The number of rotatable bonds is 8. The number of piperidine rings is 1. The number of carbonyl (C=O) groups excluding carboxylic acids is 1. The van der Waals surface area contributed by atoms with Crippen molar-refractivity contribution in [3.8, 4) is 22.9 Å². The van der Waals surface area contributed by atoms with E-state index in [1.54, 1.807) is 14.2 Å². The number of nitrogens with one attached hydrogen (secondary N) is 1. The molecule has 1 N–H and O–H groups in total. The molecule has 1 atom stereocenters. The van der Waals surface area contributed by atoms with E-state index >= 15 is 0 Å². The summed E-state index contributed by atoms with van der Waals surface area (Å²) in [6.07, 6.45) is 1.90. The minimum Gasteiger partial charge on any atom is -0.493 e. The first-order valence-corrected chi connectivity index (χ1v) is 10.0. The SMILES string of the molecule is COc1ccc(-c2noc(CN3CCCC(C(=O)NCC(C)C)C3)n2)cc1OC. The van der Waals surface area contributed by atoms with Gasteiger partial charge in [0, 0.05) is 18.7 Å². The van der Waals surface area contributed by atoms with Crippen LogP contribution in [0.15, 0.2) is 22.7 Å². The van der Waals surface area contributed by atoms with E-state index in [0.29, 0.717) is 48.8 Å². The van der Waals surface area contributed by atoms with Gasteiger partial charge in [-0.1, -0.05) is 19.0 Å². The second-order valence-electron chi connectivity index (χ2n) is 7.79. The topological polar surface area (TPSA) is 89.7 Å². The molecule has 1 aliphatic rings. The van der Waals surface area contributed by atoms with Gasteiger partial charge in [-0.2, -0.15) is 4.98 Å². The molecule has 2 aromatic rings. The lowest BCUT2D eigenvalue weighted by atomic mass is 9.97. The lowest BCUT2D eigenvalue weighted by Gasteiger charge is -2.31. The molecule has 29 heavy (non-hydrogen) atoms. The van der Waals surface area contributed by atoms with Gasteiger partial charge in [-0.05, 0) is 43.5 Å². The molecular formula is C21H30N4O4. The Bertz CT molecular complexity index is 821. The Morgan fingerprint density at radius 3 is 2.83 bits per heavy atom. The molecule has 0 saturated carbocycles. The van der Waals surface area contributed by atoms with Crippen LogP contribution in [0.25, 0.3) is 11.4 Å². The van der Waals surface area contributed by atoms with E-state index in [1.165, 1.54) is 0 Å². The molecule has 2 heterocycles. The summed E-state index contributed by atoms with van der Waals surface area (Å²) in [5.41, 5.74) is 0.794. The molecular weight excluding hydrogens is 372 g/mol. The van der Waals surface area contributed by atoms with Gasteiger partial charge in [0.25, 0.3) is 0 Å². The summed E-state index contributed by atoms with van der Waals surface area (Å²) in [6.45, 7) is 7.07. The van der Waals surface area contributed by atoms with Crippen molar-refractivity contribution >= 4 is 5.91 Å². The Labute approximate surface area is 171 Å². The van der Waals surface area contributed by atoms with E-state index in [1.807, 2.05) is 18.2 Å². The van der Waals surface area contributed by atoms with Crippen LogP contribution in [0.1, 0.15) is 32.6 Å². The van der Waals surface area contributed by atoms with E-state index in [-0.39, 0.29) is 11.8 Å². The molecule has 1 aromatic carbocycles. The fourth-order valence-electron chi connectivity index (χ4n) is 3.47. The summed E-state index contributed by atoms with van der Waals surface area (Å²) in [5.74, 6) is 2.91. The number of benzene rings is 1. The molecule has 3 rings (SSSR count). The molecule has 1 saturated heterocycles. The second kappa shape index (κ2) is 9.73. The van der Waals surface area contributed by atoms with Crippen molar-refractivity contribution in [1.29, 1.82) is 0 Å². The lowest BCUT2D eigenvalue weighted by Crippen LogP contribution is -2.43. The summed E-state index contributed by atoms with van der Waals surface area (Å²) in [6, 6.07) is 5.50. The van der Waals surface area contributed by atoms with Gasteiger partial charge in [-0.15, -0.1) is 0 Å². The third kappa shape index (κ3) is 5.47. The number of likely N-dealkylation sites (tertiary alicyclic amines) is 1. The second-order valence-corrected chi connectivity index (χ2v) is 7.79. The Hall–Kier alpha value is -2.61. The van der Waals surface area contributed by atoms with Gasteiger partial charge in [-0.25, -0.2) is 0 Å². The highest BCUT2D eigenvalue weighted by molar-refractivity contribution is 5.78. The van der Waals surface area contributed by atoms with Crippen molar-refractivity contribution in [3.05, 3.63) is 24.1 Å².